The van der Waals surface area contributed by atoms with Crippen molar-refractivity contribution in [2.75, 3.05) is 32.8 Å². The van der Waals surface area contributed by atoms with Crippen molar-refractivity contribution < 1.29 is 17.9 Å². The first-order chi connectivity index (χ1) is 12.1. The molecule has 0 saturated carbocycles. The minimum absolute atomic E-state index is 0. The summed E-state index contributed by atoms with van der Waals surface area (Å²) in [4.78, 5) is 12.4. The van der Waals surface area contributed by atoms with E-state index in [4.69, 9.17) is 4.74 Å². The van der Waals surface area contributed by atoms with E-state index in [1.807, 2.05) is 6.07 Å². The molecule has 2 aliphatic rings. The summed E-state index contributed by atoms with van der Waals surface area (Å²) in [6.07, 6.45) is 2.40. The molecule has 7 nitrogen and oxygen atoms in total. The Bertz CT molecular complexity index is 702. The molecule has 2 saturated heterocycles. The number of amides is 1. The largest absolute Gasteiger partial charge is 0.366 e. The second-order valence-corrected chi connectivity index (χ2v) is 8.33. The summed E-state index contributed by atoms with van der Waals surface area (Å²) in [7, 11) is -3.46. The second-order valence-electron chi connectivity index (χ2n) is 6.39. The number of hydrogen-bond acceptors (Lipinski definition) is 5. The molecular weight excluding hydrogens is 378 g/mol. The van der Waals surface area contributed by atoms with Gasteiger partial charge in [-0.2, -0.15) is 4.31 Å². The Morgan fingerprint density at radius 2 is 2.04 bits per heavy atom. The van der Waals surface area contributed by atoms with Crippen LogP contribution in [0, 0.1) is 0 Å². The number of nitrogens with zero attached hydrogens (tertiary/aromatic N) is 1. The van der Waals surface area contributed by atoms with E-state index in [0.717, 1.165) is 31.4 Å². The van der Waals surface area contributed by atoms with E-state index in [1.165, 1.54) is 0 Å². The van der Waals surface area contributed by atoms with E-state index in [0.29, 0.717) is 26.2 Å². The van der Waals surface area contributed by atoms with Crippen molar-refractivity contribution in [2.45, 2.75) is 36.8 Å². The molecular formula is C17H26ClN3O4S. The number of benzene rings is 1. The lowest BCUT2D eigenvalue weighted by atomic mass is 10.2. The lowest BCUT2D eigenvalue weighted by Crippen LogP contribution is -2.47. The SMILES string of the molecule is Cl.O=C(NCc1cccc(S(=O)(=O)N2CCCCC2)c1)C1CNCCO1. The predicted molar refractivity (Wildman–Crippen MR) is 101 cm³/mol. The molecule has 0 bridgehead atoms. The maximum atomic E-state index is 12.7. The number of hydrogen-bond donors (Lipinski definition) is 2. The summed E-state index contributed by atoms with van der Waals surface area (Å²) in [6, 6.07) is 6.79. The molecule has 26 heavy (non-hydrogen) atoms. The molecule has 3 rings (SSSR count). The average molecular weight is 404 g/mol. The maximum absolute atomic E-state index is 12.7. The number of piperidine rings is 1. The predicted octanol–water partition coefficient (Wildman–Crippen LogP) is 0.888. The Morgan fingerprint density at radius 3 is 2.73 bits per heavy atom. The Kier molecular flexibility index (Phi) is 7.85. The van der Waals surface area contributed by atoms with Gasteiger partial charge < -0.3 is 15.4 Å². The van der Waals surface area contributed by atoms with Crippen LogP contribution in [0.25, 0.3) is 0 Å². The van der Waals surface area contributed by atoms with Crippen molar-refractivity contribution in [3.8, 4) is 0 Å². The van der Waals surface area contributed by atoms with Crippen molar-refractivity contribution in [3.63, 3.8) is 0 Å². The third-order valence-electron chi connectivity index (χ3n) is 4.54. The van der Waals surface area contributed by atoms with Crippen LogP contribution in [0.1, 0.15) is 24.8 Å². The van der Waals surface area contributed by atoms with Gasteiger partial charge in [0.1, 0.15) is 6.10 Å². The van der Waals surface area contributed by atoms with Crippen LogP contribution in [0.15, 0.2) is 29.2 Å². The van der Waals surface area contributed by atoms with Gasteiger partial charge >= 0.3 is 0 Å². The highest BCUT2D eigenvalue weighted by molar-refractivity contribution is 7.89. The molecule has 1 amide bonds. The van der Waals surface area contributed by atoms with Crippen molar-refractivity contribution >= 4 is 28.3 Å². The molecule has 2 fully saturated rings. The van der Waals surface area contributed by atoms with Gasteiger partial charge in [-0.15, -0.1) is 12.4 Å². The van der Waals surface area contributed by atoms with Gasteiger partial charge in [0.2, 0.25) is 10.0 Å². The van der Waals surface area contributed by atoms with Gasteiger partial charge in [-0.25, -0.2) is 8.42 Å². The molecule has 0 aromatic heterocycles. The van der Waals surface area contributed by atoms with Crippen molar-refractivity contribution in [1.82, 2.24) is 14.9 Å². The summed E-state index contributed by atoms with van der Waals surface area (Å²) in [5.41, 5.74) is 0.759. The Labute approximate surface area is 160 Å². The molecule has 2 N–H and O–H groups in total. The van der Waals surface area contributed by atoms with E-state index in [9.17, 15) is 13.2 Å². The van der Waals surface area contributed by atoms with Crippen LogP contribution < -0.4 is 10.6 Å². The highest BCUT2D eigenvalue weighted by Gasteiger charge is 2.26. The van der Waals surface area contributed by atoms with Crippen LogP contribution in [0.3, 0.4) is 0 Å². The zero-order valence-electron chi connectivity index (χ0n) is 14.6. The molecule has 1 atom stereocenters. The molecule has 0 aliphatic carbocycles. The van der Waals surface area contributed by atoms with Crippen molar-refractivity contribution in [3.05, 3.63) is 29.8 Å². The fraction of sp³-hybridized carbons (Fsp3) is 0.588. The minimum atomic E-state index is -3.46. The zero-order chi connectivity index (χ0) is 17.7. The van der Waals surface area contributed by atoms with Crippen LogP contribution in [0.2, 0.25) is 0 Å². The normalized spacial score (nSPS) is 21.6. The van der Waals surface area contributed by atoms with Gasteiger partial charge in [0, 0.05) is 32.7 Å². The molecule has 2 aliphatic heterocycles. The number of carbonyl (C=O) groups is 1. The monoisotopic (exact) mass is 403 g/mol. The minimum Gasteiger partial charge on any atom is -0.366 e. The summed E-state index contributed by atoms with van der Waals surface area (Å²) in [5.74, 6) is -0.184. The Hall–Kier alpha value is -1.19. The van der Waals surface area contributed by atoms with E-state index >= 15 is 0 Å². The summed E-state index contributed by atoms with van der Waals surface area (Å²) in [6.45, 7) is 3.20. The summed E-state index contributed by atoms with van der Waals surface area (Å²) < 4.78 is 32.4. The van der Waals surface area contributed by atoms with E-state index < -0.39 is 16.1 Å². The van der Waals surface area contributed by atoms with Crippen LogP contribution in [0.4, 0.5) is 0 Å². The van der Waals surface area contributed by atoms with E-state index in [-0.39, 0.29) is 29.8 Å². The molecule has 2 heterocycles. The molecule has 1 aromatic carbocycles. The van der Waals surface area contributed by atoms with Gasteiger partial charge in [0.25, 0.3) is 5.91 Å². The number of carbonyl (C=O) groups excluding carboxylic acids is 1. The van der Waals surface area contributed by atoms with E-state index in [1.54, 1.807) is 22.5 Å². The Balaban J connectivity index is 0.00000243. The van der Waals surface area contributed by atoms with Gasteiger partial charge in [-0.05, 0) is 30.5 Å². The first-order valence-electron chi connectivity index (χ1n) is 8.76. The lowest BCUT2D eigenvalue weighted by molar-refractivity contribution is -0.134. The average Bonchev–Trinajstić information content (AvgIpc) is 2.67. The molecule has 0 radical (unpaired) electrons. The standard InChI is InChI=1S/C17H25N3O4S.ClH/c21-17(16-13-18-7-10-24-16)19-12-14-5-4-6-15(11-14)25(22,23)20-8-2-1-3-9-20;/h4-6,11,16,18H,1-3,7-10,12-13H2,(H,19,21);1H. The fourth-order valence-electron chi connectivity index (χ4n) is 3.11. The summed E-state index contributed by atoms with van der Waals surface area (Å²) >= 11 is 0. The zero-order valence-corrected chi connectivity index (χ0v) is 16.3. The Morgan fingerprint density at radius 1 is 1.27 bits per heavy atom. The number of rotatable bonds is 5. The quantitative estimate of drug-likeness (QED) is 0.762. The molecule has 0 spiro atoms. The highest BCUT2D eigenvalue weighted by atomic mass is 35.5. The topological polar surface area (TPSA) is 87.7 Å². The first kappa shape index (κ1) is 21.1. The van der Waals surface area contributed by atoms with Crippen molar-refractivity contribution in [1.29, 1.82) is 0 Å². The van der Waals surface area contributed by atoms with Gasteiger partial charge in [0.15, 0.2) is 0 Å². The van der Waals surface area contributed by atoms with E-state index in [2.05, 4.69) is 10.6 Å². The number of halogens is 1. The van der Waals surface area contributed by atoms with Crippen LogP contribution >= 0.6 is 12.4 Å². The second kappa shape index (κ2) is 9.66. The number of morpholine rings is 1. The third kappa shape index (κ3) is 5.17. The fourth-order valence-corrected chi connectivity index (χ4v) is 4.69. The smallest absolute Gasteiger partial charge is 0.250 e. The number of nitrogens with one attached hydrogen (secondary N) is 2. The van der Waals surface area contributed by atoms with Gasteiger partial charge in [0.05, 0.1) is 11.5 Å². The highest BCUT2D eigenvalue weighted by Crippen LogP contribution is 2.21. The third-order valence-corrected chi connectivity index (χ3v) is 6.43. The summed E-state index contributed by atoms with van der Waals surface area (Å²) in [5, 5.41) is 5.92. The van der Waals surface area contributed by atoms with Gasteiger partial charge in [-0.1, -0.05) is 18.6 Å². The number of ether oxygens (including phenoxy) is 1. The molecule has 9 heteroatoms. The lowest BCUT2D eigenvalue weighted by Gasteiger charge is -2.26. The first-order valence-corrected chi connectivity index (χ1v) is 10.2. The van der Waals surface area contributed by atoms with Gasteiger partial charge in [-0.3, -0.25) is 4.79 Å². The van der Waals surface area contributed by atoms with Crippen LogP contribution in [-0.4, -0.2) is 57.5 Å². The van der Waals surface area contributed by atoms with Crippen molar-refractivity contribution in [2.24, 2.45) is 0 Å². The molecule has 1 aromatic rings. The molecule has 146 valence electrons. The number of sulfonamides is 1. The maximum Gasteiger partial charge on any atom is 0.250 e. The van der Waals surface area contributed by atoms with Crippen LogP contribution in [0.5, 0.6) is 0 Å². The van der Waals surface area contributed by atoms with Crippen LogP contribution in [-0.2, 0) is 26.1 Å². The molecule has 1 unspecified atom stereocenters.